The van der Waals surface area contributed by atoms with Crippen molar-refractivity contribution in [1.29, 1.82) is 0 Å². The average molecular weight is 245 g/mol. The van der Waals surface area contributed by atoms with Crippen LogP contribution < -0.4 is 0 Å². The number of hydrogen-bond acceptors (Lipinski definition) is 3. The van der Waals surface area contributed by atoms with E-state index in [1.54, 1.807) is 6.92 Å². The van der Waals surface area contributed by atoms with Gasteiger partial charge in [-0.05, 0) is 0 Å². The Kier molecular flexibility index (Phi) is 269. The van der Waals surface area contributed by atoms with Gasteiger partial charge in [0.2, 0.25) is 0 Å². The van der Waals surface area contributed by atoms with Gasteiger partial charge in [0.05, 0.1) is 0 Å². The van der Waals surface area contributed by atoms with Crippen molar-refractivity contribution in [2.24, 2.45) is 5.92 Å². The molecule has 0 heterocycles. The SMILES string of the molecule is CC[NH-].CO.CO.CO.[CH2-]C(C)C.[Ti+2]. The minimum atomic E-state index is 0. The van der Waals surface area contributed by atoms with Gasteiger partial charge in [-0.25, -0.2) is 0 Å². The molecule has 0 bridgehead atoms. The van der Waals surface area contributed by atoms with Crippen LogP contribution in [0.1, 0.15) is 20.8 Å². The maximum Gasteiger partial charge on any atom is 2.00 e. The van der Waals surface area contributed by atoms with E-state index in [0.717, 1.165) is 21.3 Å². The summed E-state index contributed by atoms with van der Waals surface area (Å²) in [6, 6.07) is 0. The van der Waals surface area contributed by atoms with Crippen LogP contribution in [0.15, 0.2) is 0 Å². The van der Waals surface area contributed by atoms with E-state index >= 15 is 0 Å². The summed E-state index contributed by atoms with van der Waals surface area (Å²) < 4.78 is 0. The first-order valence-corrected chi connectivity index (χ1v) is 3.97. The second kappa shape index (κ2) is 103. The van der Waals surface area contributed by atoms with Crippen LogP contribution >= 0.6 is 0 Å². The monoisotopic (exact) mass is 245 g/mol. The van der Waals surface area contributed by atoms with E-state index in [1.165, 1.54) is 0 Å². The zero-order chi connectivity index (χ0) is 12.3. The van der Waals surface area contributed by atoms with Crippen molar-refractivity contribution in [1.82, 2.24) is 0 Å². The van der Waals surface area contributed by atoms with Crippen LogP contribution in [0.2, 0.25) is 0 Å². The molecule has 14 heavy (non-hydrogen) atoms. The summed E-state index contributed by atoms with van der Waals surface area (Å²) in [6.45, 7) is 10.0. The fraction of sp³-hybridized carbons (Fsp3) is 0.889. The Bertz CT molecular complexity index is 31.3. The maximum atomic E-state index is 7.00. The first-order chi connectivity index (χ1) is 6.15. The van der Waals surface area contributed by atoms with Gasteiger partial charge < -0.3 is 28.0 Å². The molecule has 5 heteroatoms. The van der Waals surface area contributed by atoms with Crippen LogP contribution in [0.4, 0.5) is 0 Å². The zero-order valence-electron chi connectivity index (χ0n) is 10.3. The van der Waals surface area contributed by atoms with E-state index in [2.05, 4.69) is 20.8 Å². The Labute approximate surface area is 104 Å². The fourth-order valence-electron chi connectivity index (χ4n) is 0. The molecule has 90 valence electrons. The predicted molar refractivity (Wildman–Crippen MR) is 59.5 cm³/mol. The summed E-state index contributed by atoms with van der Waals surface area (Å²) in [4.78, 5) is 0. The van der Waals surface area contributed by atoms with Gasteiger partial charge in [-0.15, -0.1) is 0 Å². The van der Waals surface area contributed by atoms with Gasteiger partial charge in [0, 0.05) is 21.3 Å². The van der Waals surface area contributed by atoms with Gasteiger partial charge in [0.15, 0.2) is 0 Å². The smallest absolute Gasteiger partial charge is 0.678 e. The molecule has 0 aliphatic carbocycles. The maximum absolute atomic E-state index is 7.00. The van der Waals surface area contributed by atoms with Crippen molar-refractivity contribution >= 4 is 0 Å². The molecule has 0 aliphatic rings. The molecule has 0 amide bonds. The largest absolute Gasteiger partial charge is 2.00 e. The van der Waals surface area contributed by atoms with E-state index in [4.69, 9.17) is 21.1 Å². The molecule has 0 saturated heterocycles. The van der Waals surface area contributed by atoms with Gasteiger partial charge in [-0.1, -0.05) is 20.8 Å². The minimum absolute atomic E-state index is 0. The number of aliphatic hydroxyl groups is 3. The molecule has 0 unspecified atom stereocenters. The third-order valence-corrected chi connectivity index (χ3v) is 0. The molecule has 0 saturated carbocycles. The normalized spacial score (nSPS) is 5.14. The third-order valence-electron chi connectivity index (χ3n) is 0. The van der Waals surface area contributed by atoms with Crippen LogP contribution in [-0.2, 0) is 21.7 Å². The van der Waals surface area contributed by atoms with Crippen LogP contribution in [-0.4, -0.2) is 43.2 Å². The average Bonchev–Trinajstić information content (AvgIpc) is 2.14. The van der Waals surface area contributed by atoms with E-state index in [1.807, 2.05) is 0 Å². The second-order valence-electron chi connectivity index (χ2n) is 1.75. The molecule has 0 radical (unpaired) electrons. The van der Waals surface area contributed by atoms with Gasteiger partial charge >= 0.3 is 21.7 Å². The Hall–Kier alpha value is 0.554. The van der Waals surface area contributed by atoms with Gasteiger partial charge in [-0.3, -0.25) is 0 Å². The van der Waals surface area contributed by atoms with Crippen LogP contribution in [0.5, 0.6) is 0 Å². The first-order valence-electron chi connectivity index (χ1n) is 3.97. The number of hydrogen-bond donors (Lipinski definition) is 3. The Morgan fingerprint density at radius 1 is 1.00 bits per heavy atom. The molecule has 0 aliphatic heterocycles. The van der Waals surface area contributed by atoms with Gasteiger partial charge in [0.25, 0.3) is 0 Å². The summed E-state index contributed by atoms with van der Waals surface area (Å²) in [7, 11) is 3.00. The summed E-state index contributed by atoms with van der Waals surface area (Å²) in [5.41, 5.74) is 6.21. The fourth-order valence-corrected chi connectivity index (χ4v) is 0. The molecule has 0 fully saturated rings. The molecule has 0 aromatic rings. The van der Waals surface area contributed by atoms with Crippen molar-refractivity contribution in [3.63, 3.8) is 0 Å². The summed E-state index contributed by atoms with van der Waals surface area (Å²) in [5.74, 6) is 0.583. The topological polar surface area (TPSA) is 84.5 Å². The third kappa shape index (κ3) is 5460. The molecule has 4 N–H and O–H groups in total. The van der Waals surface area contributed by atoms with E-state index in [9.17, 15) is 0 Å². The van der Waals surface area contributed by atoms with E-state index in [-0.39, 0.29) is 21.7 Å². The summed E-state index contributed by atoms with van der Waals surface area (Å²) in [5, 5.41) is 21.0. The molecular weight excluding hydrogens is 218 g/mol. The van der Waals surface area contributed by atoms with Gasteiger partial charge in [0.1, 0.15) is 0 Å². The zero-order valence-corrected chi connectivity index (χ0v) is 11.9. The summed E-state index contributed by atoms with van der Waals surface area (Å²) in [6.07, 6.45) is 0. The number of aliphatic hydroxyl groups excluding tert-OH is 3. The van der Waals surface area contributed by atoms with E-state index in [0.29, 0.717) is 12.5 Å². The van der Waals surface area contributed by atoms with Crippen molar-refractivity contribution in [2.75, 3.05) is 27.9 Å². The van der Waals surface area contributed by atoms with Crippen molar-refractivity contribution in [3.8, 4) is 0 Å². The van der Waals surface area contributed by atoms with Crippen LogP contribution in [0.3, 0.4) is 0 Å². The Morgan fingerprint density at radius 3 is 1.00 bits per heavy atom. The van der Waals surface area contributed by atoms with Crippen LogP contribution in [0, 0.1) is 12.8 Å². The molecular formula is C9H27NO3Ti. The molecule has 0 aromatic carbocycles. The minimum Gasteiger partial charge on any atom is -0.678 e. The van der Waals surface area contributed by atoms with Crippen molar-refractivity contribution in [2.45, 2.75) is 20.8 Å². The number of nitrogens with one attached hydrogen (secondary N) is 1. The van der Waals surface area contributed by atoms with E-state index < -0.39 is 0 Å². The van der Waals surface area contributed by atoms with Gasteiger partial charge in [-0.2, -0.15) is 12.5 Å². The number of rotatable bonds is 0. The molecule has 0 atom stereocenters. The first kappa shape index (κ1) is 36.5. The molecule has 0 aromatic heterocycles. The standard InChI is InChI=1S/C4H9.C2H6N.3CH4O.Ti/c1-4(2)3;1-2-3;3*1-2;/h4H,1H2,2-3H3;3H,2H2,1H3;3*2H,1H3;/q2*-1;;;;+2. The predicted octanol–water partition coefficient (Wildman–Crippen LogP) is 1.36. The summed E-state index contributed by atoms with van der Waals surface area (Å²) >= 11 is 0. The molecule has 0 rings (SSSR count). The Morgan fingerprint density at radius 2 is 1.00 bits per heavy atom. The van der Waals surface area contributed by atoms with Crippen molar-refractivity contribution < 1.29 is 37.0 Å². The van der Waals surface area contributed by atoms with Crippen molar-refractivity contribution in [3.05, 3.63) is 12.7 Å². The Balaban J connectivity index is -0.0000000146. The molecule has 4 nitrogen and oxygen atoms in total. The molecule has 0 spiro atoms. The quantitative estimate of drug-likeness (QED) is 0.445. The second-order valence-corrected chi connectivity index (χ2v) is 1.75. The van der Waals surface area contributed by atoms with Crippen LogP contribution in [0.25, 0.3) is 5.73 Å².